The highest BCUT2D eigenvalue weighted by Crippen LogP contribution is 2.32. The van der Waals surface area contributed by atoms with Crippen LogP contribution in [0.4, 0.5) is 0 Å². The molecule has 4 nitrogen and oxygen atoms in total. The summed E-state index contributed by atoms with van der Waals surface area (Å²) in [7, 11) is 0. The van der Waals surface area contributed by atoms with Crippen LogP contribution in [0.3, 0.4) is 0 Å². The first-order chi connectivity index (χ1) is 11.7. The Morgan fingerprint density at radius 3 is 2.58 bits per heavy atom. The van der Waals surface area contributed by atoms with E-state index in [9.17, 15) is 4.79 Å². The molecule has 128 valence electrons. The van der Waals surface area contributed by atoms with Crippen LogP contribution in [0, 0.1) is 0 Å². The third kappa shape index (κ3) is 4.25. The second-order valence-electron chi connectivity index (χ2n) is 5.88. The van der Waals surface area contributed by atoms with E-state index < -0.39 is 0 Å². The normalized spacial score (nSPS) is 21.0. The number of thioether (sulfide) groups is 1. The van der Waals surface area contributed by atoms with E-state index in [1.54, 1.807) is 4.90 Å². The fourth-order valence-electron chi connectivity index (χ4n) is 2.76. The molecule has 0 spiro atoms. The highest BCUT2D eigenvalue weighted by Gasteiger charge is 2.32. The fourth-order valence-corrected chi connectivity index (χ4v) is 4.07. The number of ether oxygens (including phenoxy) is 1. The number of aryl methyl sites for hydroxylation is 1. The smallest absolute Gasteiger partial charge is 0.266 e. The summed E-state index contributed by atoms with van der Waals surface area (Å²) in [6.07, 6.45) is 2.96. The van der Waals surface area contributed by atoms with Crippen LogP contribution >= 0.6 is 24.0 Å². The molecule has 0 unspecified atom stereocenters. The Morgan fingerprint density at radius 1 is 1.21 bits per heavy atom. The number of rotatable bonds is 5. The molecule has 0 N–H and O–H groups in total. The SMILES string of the molecule is CCc1ccc(/C=C2\SC(=S)N(CCN3CCOCC3)C2=O)cc1. The summed E-state index contributed by atoms with van der Waals surface area (Å²) < 4.78 is 6.01. The maximum absolute atomic E-state index is 12.6. The first kappa shape index (κ1) is 17.6. The quantitative estimate of drug-likeness (QED) is 0.594. The van der Waals surface area contributed by atoms with Crippen molar-refractivity contribution in [3.05, 3.63) is 40.3 Å². The molecule has 0 saturated carbocycles. The topological polar surface area (TPSA) is 32.8 Å². The average molecular weight is 363 g/mol. The highest BCUT2D eigenvalue weighted by molar-refractivity contribution is 8.26. The summed E-state index contributed by atoms with van der Waals surface area (Å²) in [6, 6.07) is 8.31. The number of carbonyl (C=O) groups excluding carboxylic acids is 1. The molecule has 24 heavy (non-hydrogen) atoms. The summed E-state index contributed by atoms with van der Waals surface area (Å²) in [5.74, 6) is 0.0258. The Hall–Kier alpha value is -1.21. The average Bonchev–Trinajstić information content (AvgIpc) is 2.88. The monoisotopic (exact) mass is 362 g/mol. The van der Waals surface area contributed by atoms with Crippen molar-refractivity contribution in [2.45, 2.75) is 13.3 Å². The zero-order chi connectivity index (χ0) is 16.9. The second kappa shape index (κ2) is 8.25. The van der Waals surface area contributed by atoms with E-state index in [1.165, 1.54) is 17.3 Å². The Bertz CT molecular complexity index is 637. The summed E-state index contributed by atoms with van der Waals surface area (Å²) in [5, 5.41) is 0. The zero-order valence-electron chi connectivity index (χ0n) is 13.9. The third-order valence-corrected chi connectivity index (χ3v) is 5.68. The van der Waals surface area contributed by atoms with Crippen LogP contribution in [0.15, 0.2) is 29.2 Å². The summed E-state index contributed by atoms with van der Waals surface area (Å²) in [6.45, 7) is 7.01. The predicted molar refractivity (Wildman–Crippen MR) is 103 cm³/mol. The van der Waals surface area contributed by atoms with Gasteiger partial charge in [-0.15, -0.1) is 0 Å². The van der Waals surface area contributed by atoms with E-state index >= 15 is 0 Å². The first-order valence-corrected chi connectivity index (χ1v) is 9.54. The molecule has 1 aromatic rings. The molecular weight excluding hydrogens is 340 g/mol. The van der Waals surface area contributed by atoms with Crippen molar-refractivity contribution in [1.29, 1.82) is 0 Å². The molecule has 2 aliphatic rings. The van der Waals surface area contributed by atoms with Crippen LogP contribution in [0.5, 0.6) is 0 Å². The lowest BCUT2D eigenvalue weighted by molar-refractivity contribution is -0.122. The van der Waals surface area contributed by atoms with E-state index in [-0.39, 0.29) is 5.91 Å². The Balaban J connectivity index is 1.63. The molecule has 2 aliphatic heterocycles. The molecule has 1 aromatic carbocycles. The molecule has 0 radical (unpaired) electrons. The van der Waals surface area contributed by atoms with Crippen LogP contribution in [0.2, 0.25) is 0 Å². The Kier molecular flexibility index (Phi) is 6.05. The minimum Gasteiger partial charge on any atom is -0.379 e. The van der Waals surface area contributed by atoms with E-state index in [4.69, 9.17) is 17.0 Å². The van der Waals surface area contributed by atoms with Gasteiger partial charge in [-0.25, -0.2) is 0 Å². The van der Waals surface area contributed by atoms with Gasteiger partial charge >= 0.3 is 0 Å². The summed E-state index contributed by atoms with van der Waals surface area (Å²) in [4.78, 5) is 17.4. The van der Waals surface area contributed by atoms with Crippen LogP contribution in [-0.4, -0.2) is 59.4 Å². The number of morpholine rings is 1. The first-order valence-electron chi connectivity index (χ1n) is 8.32. The minimum atomic E-state index is 0.0258. The maximum Gasteiger partial charge on any atom is 0.266 e. The maximum atomic E-state index is 12.6. The second-order valence-corrected chi connectivity index (χ2v) is 7.56. The van der Waals surface area contributed by atoms with Gasteiger partial charge in [-0.2, -0.15) is 0 Å². The van der Waals surface area contributed by atoms with Gasteiger partial charge in [0.25, 0.3) is 5.91 Å². The Morgan fingerprint density at radius 2 is 1.92 bits per heavy atom. The number of benzene rings is 1. The van der Waals surface area contributed by atoms with Gasteiger partial charge in [-0.1, -0.05) is 55.2 Å². The van der Waals surface area contributed by atoms with Gasteiger partial charge in [-0.3, -0.25) is 14.6 Å². The predicted octanol–water partition coefficient (Wildman–Crippen LogP) is 2.78. The van der Waals surface area contributed by atoms with Gasteiger partial charge in [0.1, 0.15) is 4.32 Å². The summed E-state index contributed by atoms with van der Waals surface area (Å²) in [5.41, 5.74) is 2.34. The lowest BCUT2D eigenvalue weighted by Gasteiger charge is -2.28. The van der Waals surface area contributed by atoms with E-state index in [0.29, 0.717) is 15.8 Å². The van der Waals surface area contributed by atoms with Gasteiger partial charge in [-0.05, 0) is 23.6 Å². The fraction of sp³-hybridized carbons (Fsp3) is 0.444. The van der Waals surface area contributed by atoms with Crippen LogP contribution in [0.1, 0.15) is 18.1 Å². The van der Waals surface area contributed by atoms with Gasteiger partial charge in [0.05, 0.1) is 18.1 Å². The van der Waals surface area contributed by atoms with E-state index in [0.717, 1.165) is 44.8 Å². The van der Waals surface area contributed by atoms with Crippen LogP contribution < -0.4 is 0 Å². The van der Waals surface area contributed by atoms with Gasteiger partial charge in [0, 0.05) is 26.2 Å². The van der Waals surface area contributed by atoms with Crippen molar-refractivity contribution < 1.29 is 9.53 Å². The number of hydrogen-bond acceptors (Lipinski definition) is 5. The molecule has 2 fully saturated rings. The number of thiocarbonyl (C=S) groups is 1. The number of hydrogen-bond donors (Lipinski definition) is 0. The molecule has 2 saturated heterocycles. The van der Waals surface area contributed by atoms with Crippen molar-refractivity contribution in [3.63, 3.8) is 0 Å². The molecule has 2 heterocycles. The van der Waals surface area contributed by atoms with Crippen molar-refractivity contribution >= 4 is 40.3 Å². The van der Waals surface area contributed by atoms with Crippen molar-refractivity contribution in [1.82, 2.24) is 9.80 Å². The molecule has 0 bridgehead atoms. The van der Waals surface area contributed by atoms with Gasteiger partial charge < -0.3 is 4.74 Å². The minimum absolute atomic E-state index is 0.0258. The molecule has 1 amide bonds. The van der Waals surface area contributed by atoms with E-state index in [1.807, 2.05) is 6.08 Å². The van der Waals surface area contributed by atoms with Crippen LogP contribution in [-0.2, 0) is 16.0 Å². The number of amides is 1. The van der Waals surface area contributed by atoms with Gasteiger partial charge in [0.2, 0.25) is 0 Å². The summed E-state index contributed by atoms with van der Waals surface area (Å²) >= 11 is 6.80. The molecule has 0 aromatic heterocycles. The van der Waals surface area contributed by atoms with Crippen LogP contribution in [0.25, 0.3) is 6.08 Å². The molecular formula is C18H22N2O2S2. The Labute approximate surface area is 152 Å². The standard InChI is InChI=1S/C18H22N2O2S2/c1-2-14-3-5-15(6-4-14)13-16-17(21)20(18(23)24-16)8-7-19-9-11-22-12-10-19/h3-6,13H,2,7-12H2,1H3/b16-13-. The number of carbonyl (C=O) groups is 1. The molecule has 0 atom stereocenters. The largest absolute Gasteiger partial charge is 0.379 e. The van der Waals surface area contributed by atoms with Crippen molar-refractivity contribution in [2.75, 3.05) is 39.4 Å². The lowest BCUT2D eigenvalue weighted by Crippen LogP contribution is -2.42. The van der Waals surface area contributed by atoms with Crippen molar-refractivity contribution in [3.8, 4) is 0 Å². The molecule has 3 rings (SSSR count). The molecule has 6 heteroatoms. The van der Waals surface area contributed by atoms with E-state index in [2.05, 4.69) is 36.1 Å². The third-order valence-electron chi connectivity index (χ3n) is 4.30. The van der Waals surface area contributed by atoms with Gasteiger partial charge in [0.15, 0.2) is 0 Å². The molecule has 0 aliphatic carbocycles. The number of nitrogens with zero attached hydrogens (tertiary/aromatic N) is 2. The highest BCUT2D eigenvalue weighted by atomic mass is 32.2. The zero-order valence-corrected chi connectivity index (χ0v) is 15.5. The lowest BCUT2D eigenvalue weighted by atomic mass is 10.1. The van der Waals surface area contributed by atoms with Crippen molar-refractivity contribution in [2.24, 2.45) is 0 Å².